The van der Waals surface area contributed by atoms with Crippen molar-refractivity contribution >= 4 is 33.3 Å². The number of esters is 1. The van der Waals surface area contributed by atoms with Crippen LogP contribution >= 0.6 is 11.3 Å². The predicted octanol–water partition coefficient (Wildman–Crippen LogP) is 3.71. The first-order valence-electron chi connectivity index (χ1n) is 9.91. The van der Waals surface area contributed by atoms with Crippen molar-refractivity contribution in [1.29, 1.82) is 0 Å². The van der Waals surface area contributed by atoms with Gasteiger partial charge in [0.05, 0.1) is 18.9 Å². The second kappa shape index (κ2) is 8.76. The number of Topliss-reactive ketones (excluding diaryl/α,β-unsaturated/α-hetero) is 1. The highest BCUT2D eigenvalue weighted by Crippen LogP contribution is 2.35. The Hall–Kier alpha value is -3.78. The van der Waals surface area contributed by atoms with Gasteiger partial charge in [0.1, 0.15) is 10.9 Å². The Balaban J connectivity index is 1.98. The summed E-state index contributed by atoms with van der Waals surface area (Å²) in [5.41, 5.74) is 0.444. The number of nitrogens with zero attached hydrogens (tertiary/aromatic N) is 1. The van der Waals surface area contributed by atoms with Gasteiger partial charge in [0.25, 0.3) is 5.56 Å². The number of hydrogen-bond donors (Lipinski definition) is 1. The Kier molecular flexibility index (Phi) is 5.87. The maximum absolute atomic E-state index is 13.6. The van der Waals surface area contributed by atoms with Crippen molar-refractivity contribution < 1.29 is 14.3 Å². The molecule has 0 aliphatic carbocycles. The number of aromatic amines is 1. The molecule has 2 aromatic heterocycles. The van der Waals surface area contributed by atoms with Crippen LogP contribution in [-0.4, -0.2) is 28.4 Å². The van der Waals surface area contributed by atoms with E-state index in [0.717, 1.165) is 15.0 Å². The van der Waals surface area contributed by atoms with E-state index in [2.05, 4.69) is 4.98 Å². The summed E-state index contributed by atoms with van der Waals surface area (Å²) in [6.45, 7) is 1.87. The van der Waals surface area contributed by atoms with Gasteiger partial charge in [-0.3, -0.25) is 19.4 Å². The number of ether oxygens (including phenoxy) is 1. The van der Waals surface area contributed by atoms with Crippen LogP contribution in [0, 0.1) is 6.92 Å². The average molecular weight is 449 g/mol. The number of carbonyl (C=O) groups is 2. The number of fused-ring (bicyclic) bond motifs is 1. The molecule has 2 aromatic carbocycles. The Morgan fingerprint density at radius 1 is 1.03 bits per heavy atom. The summed E-state index contributed by atoms with van der Waals surface area (Å²) < 4.78 is 5.58. The van der Waals surface area contributed by atoms with Crippen molar-refractivity contribution in [3.05, 3.63) is 91.9 Å². The van der Waals surface area contributed by atoms with Gasteiger partial charge in [-0.1, -0.05) is 60.7 Å². The third-order valence-electron chi connectivity index (χ3n) is 5.28. The van der Waals surface area contributed by atoms with Crippen molar-refractivity contribution in [1.82, 2.24) is 9.55 Å². The van der Waals surface area contributed by atoms with Crippen LogP contribution in [-0.2, 0) is 9.53 Å². The molecule has 0 radical (unpaired) electrons. The highest BCUT2D eigenvalue weighted by atomic mass is 32.1. The molecule has 0 saturated heterocycles. The number of thiophene rings is 1. The van der Waals surface area contributed by atoms with Gasteiger partial charge in [-0.05, 0) is 12.5 Å². The Morgan fingerprint density at radius 3 is 2.28 bits per heavy atom. The molecule has 0 bridgehead atoms. The number of H-pyrrole nitrogens is 1. The van der Waals surface area contributed by atoms with Gasteiger partial charge in [0.2, 0.25) is 0 Å². The summed E-state index contributed by atoms with van der Waals surface area (Å²) in [6.07, 6.45) is -0.442. The first-order chi connectivity index (χ1) is 15.4. The molecule has 1 unspecified atom stereocenters. The standard InChI is InChI=1S/C24H20N2O5S/c1-14-19(15-9-5-3-6-10-15)20-22(32-14)25-24(30)26(23(20)29)17(13-18(27)31-2)21(28)16-11-7-4-8-12-16/h3-12,17H,13H2,1-2H3,(H,25,30). The molecule has 4 aromatic rings. The van der Waals surface area contributed by atoms with Crippen molar-refractivity contribution in [2.75, 3.05) is 7.11 Å². The maximum atomic E-state index is 13.6. The van der Waals surface area contributed by atoms with Gasteiger partial charge in [-0.25, -0.2) is 9.36 Å². The van der Waals surface area contributed by atoms with Gasteiger partial charge in [0, 0.05) is 16.0 Å². The van der Waals surface area contributed by atoms with Crippen LogP contribution in [0.3, 0.4) is 0 Å². The van der Waals surface area contributed by atoms with Crippen LogP contribution < -0.4 is 11.2 Å². The van der Waals surface area contributed by atoms with E-state index in [4.69, 9.17) is 4.74 Å². The third-order valence-corrected chi connectivity index (χ3v) is 6.30. The van der Waals surface area contributed by atoms with Crippen LogP contribution in [0.15, 0.2) is 70.3 Å². The normalized spacial score (nSPS) is 11.9. The van der Waals surface area contributed by atoms with Crippen LogP contribution in [0.1, 0.15) is 27.7 Å². The summed E-state index contributed by atoms with van der Waals surface area (Å²) in [4.78, 5) is 56.0. The van der Waals surface area contributed by atoms with Crippen LogP contribution in [0.2, 0.25) is 0 Å². The van der Waals surface area contributed by atoms with Crippen LogP contribution in [0.5, 0.6) is 0 Å². The van der Waals surface area contributed by atoms with Gasteiger partial charge >= 0.3 is 11.7 Å². The number of ketones is 1. The first kappa shape index (κ1) is 21.5. The van der Waals surface area contributed by atoms with Gasteiger partial charge in [0.15, 0.2) is 5.78 Å². The van der Waals surface area contributed by atoms with E-state index in [1.54, 1.807) is 30.3 Å². The molecule has 0 amide bonds. The second-order valence-corrected chi connectivity index (χ2v) is 8.46. The highest BCUT2D eigenvalue weighted by molar-refractivity contribution is 7.19. The number of carbonyl (C=O) groups excluding carboxylic acids is 2. The van der Waals surface area contributed by atoms with Crippen molar-refractivity contribution in [2.24, 2.45) is 0 Å². The number of aryl methyl sites for hydroxylation is 1. The van der Waals surface area contributed by atoms with Crippen LogP contribution in [0.25, 0.3) is 21.3 Å². The van der Waals surface area contributed by atoms with Crippen molar-refractivity contribution in [3.63, 3.8) is 0 Å². The molecule has 1 N–H and O–H groups in total. The minimum Gasteiger partial charge on any atom is -0.469 e. The fourth-order valence-corrected chi connectivity index (χ4v) is 4.84. The zero-order valence-corrected chi connectivity index (χ0v) is 18.3. The van der Waals surface area contributed by atoms with Gasteiger partial charge in [-0.2, -0.15) is 0 Å². The summed E-state index contributed by atoms with van der Waals surface area (Å²) in [7, 11) is 1.19. The fraction of sp³-hybridized carbons (Fsp3) is 0.167. The quantitative estimate of drug-likeness (QED) is 0.358. The molecule has 2 heterocycles. The zero-order valence-electron chi connectivity index (χ0n) is 17.5. The topological polar surface area (TPSA) is 98.2 Å². The largest absolute Gasteiger partial charge is 0.469 e. The maximum Gasteiger partial charge on any atom is 0.330 e. The molecule has 0 aliphatic rings. The molecule has 0 aliphatic heterocycles. The van der Waals surface area contributed by atoms with E-state index in [1.807, 2.05) is 37.3 Å². The smallest absolute Gasteiger partial charge is 0.330 e. The molecule has 1 atom stereocenters. The lowest BCUT2D eigenvalue weighted by atomic mass is 10.0. The lowest BCUT2D eigenvalue weighted by Crippen LogP contribution is -2.41. The lowest BCUT2D eigenvalue weighted by molar-refractivity contribution is -0.141. The summed E-state index contributed by atoms with van der Waals surface area (Å²) in [5, 5.41) is 0.314. The highest BCUT2D eigenvalue weighted by Gasteiger charge is 2.30. The number of aromatic nitrogens is 2. The Morgan fingerprint density at radius 2 is 1.66 bits per heavy atom. The lowest BCUT2D eigenvalue weighted by Gasteiger charge is -2.17. The molecule has 0 fully saturated rings. The van der Waals surface area contributed by atoms with Crippen molar-refractivity contribution in [2.45, 2.75) is 19.4 Å². The third kappa shape index (κ3) is 3.80. The molecule has 4 rings (SSSR count). The monoisotopic (exact) mass is 448 g/mol. The predicted molar refractivity (Wildman–Crippen MR) is 123 cm³/mol. The summed E-state index contributed by atoms with van der Waals surface area (Å²) in [6, 6.07) is 16.3. The summed E-state index contributed by atoms with van der Waals surface area (Å²) >= 11 is 1.30. The fourth-order valence-electron chi connectivity index (χ4n) is 3.78. The molecule has 7 nitrogen and oxygen atoms in total. The molecule has 162 valence electrons. The van der Waals surface area contributed by atoms with E-state index < -0.39 is 35.5 Å². The molecule has 0 saturated carbocycles. The number of methoxy groups -OCH3 is 1. The zero-order chi connectivity index (χ0) is 22.8. The number of nitrogens with one attached hydrogen (secondary N) is 1. The van der Waals surface area contributed by atoms with E-state index in [1.165, 1.54) is 18.4 Å². The first-order valence-corrected chi connectivity index (χ1v) is 10.7. The van der Waals surface area contributed by atoms with E-state index in [9.17, 15) is 19.2 Å². The minimum atomic E-state index is -1.34. The number of hydrogen-bond acceptors (Lipinski definition) is 6. The molecule has 32 heavy (non-hydrogen) atoms. The Labute approximate surface area is 186 Å². The molecule has 0 spiro atoms. The van der Waals surface area contributed by atoms with E-state index in [0.29, 0.717) is 15.8 Å². The average Bonchev–Trinajstić information content (AvgIpc) is 3.14. The van der Waals surface area contributed by atoms with Crippen LogP contribution in [0.4, 0.5) is 0 Å². The molecule has 8 heteroatoms. The molecular formula is C24H20N2O5S. The van der Waals surface area contributed by atoms with E-state index >= 15 is 0 Å². The van der Waals surface area contributed by atoms with E-state index in [-0.39, 0.29) is 5.56 Å². The Bertz CT molecular complexity index is 1420. The summed E-state index contributed by atoms with van der Waals surface area (Å²) in [5.74, 6) is -1.22. The number of rotatable bonds is 6. The minimum absolute atomic E-state index is 0.289. The second-order valence-electron chi connectivity index (χ2n) is 7.24. The van der Waals surface area contributed by atoms with Crippen molar-refractivity contribution in [3.8, 4) is 11.1 Å². The van der Waals surface area contributed by atoms with Gasteiger partial charge in [-0.15, -0.1) is 11.3 Å². The number of benzene rings is 2. The SMILES string of the molecule is COC(=O)CC(C(=O)c1ccccc1)n1c(=O)[nH]c2sc(C)c(-c3ccccc3)c2c1=O. The molecular weight excluding hydrogens is 428 g/mol. The van der Waals surface area contributed by atoms with Gasteiger partial charge < -0.3 is 4.74 Å².